The second-order valence-electron chi connectivity index (χ2n) is 5.38. The molecule has 4 nitrogen and oxygen atoms in total. The predicted molar refractivity (Wildman–Crippen MR) is 80.9 cm³/mol. The van der Waals surface area contributed by atoms with Crippen molar-refractivity contribution >= 4 is 0 Å². The van der Waals surface area contributed by atoms with Gasteiger partial charge in [0.1, 0.15) is 5.82 Å². The van der Waals surface area contributed by atoms with Crippen molar-refractivity contribution in [3.63, 3.8) is 0 Å². The standard InChI is InChI=1S/C16H23N3O/c1-12(2)16(11-20)18-10-15-9-17-13(3)19(15)14-7-5-4-6-8-14/h4-9,12,16,18,20H,10-11H2,1-3H3/t16-/m1/s1. The van der Waals surface area contributed by atoms with Gasteiger partial charge in [-0.05, 0) is 25.0 Å². The molecule has 0 saturated carbocycles. The first-order valence-electron chi connectivity index (χ1n) is 7.06. The smallest absolute Gasteiger partial charge is 0.110 e. The van der Waals surface area contributed by atoms with Crippen molar-refractivity contribution in [2.45, 2.75) is 33.4 Å². The van der Waals surface area contributed by atoms with Gasteiger partial charge < -0.3 is 10.4 Å². The molecule has 0 aliphatic heterocycles. The van der Waals surface area contributed by atoms with Crippen LogP contribution in [0.15, 0.2) is 36.5 Å². The summed E-state index contributed by atoms with van der Waals surface area (Å²) in [5.74, 6) is 1.37. The molecule has 0 aliphatic rings. The minimum Gasteiger partial charge on any atom is -0.395 e. The Kier molecular flexibility index (Phi) is 4.93. The number of aromatic nitrogens is 2. The maximum atomic E-state index is 9.38. The van der Waals surface area contributed by atoms with E-state index in [0.29, 0.717) is 12.5 Å². The molecule has 0 spiro atoms. The van der Waals surface area contributed by atoms with Gasteiger partial charge in [0.2, 0.25) is 0 Å². The van der Waals surface area contributed by atoms with E-state index >= 15 is 0 Å². The topological polar surface area (TPSA) is 50.1 Å². The number of aliphatic hydroxyl groups excluding tert-OH is 1. The molecule has 2 aromatic rings. The predicted octanol–water partition coefficient (Wildman–Crippen LogP) is 2.29. The lowest BCUT2D eigenvalue weighted by Gasteiger charge is -2.20. The van der Waals surface area contributed by atoms with E-state index in [2.05, 4.69) is 40.8 Å². The maximum absolute atomic E-state index is 9.38. The monoisotopic (exact) mass is 273 g/mol. The van der Waals surface area contributed by atoms with E-state index < -0.39 is 0 Å². The van der Waals surface area contributed by atoms with Crippen LogP contribution in [0.3, 0.4) is 0 Å². The molecule has 0 radical (unpaired) electrons. The largest absolute Gasteiger partial charge is 0.395 e. The van der Waals surface area contributed by atoms with E-state index in [4.69, 9.17) is 0 Å². The molecule has 2 N–H and O–H groups in total. The molecule has 20 heavy (non-hydrogen) atoms. The molecular formula is C16H23N3O. The summed E-state index contributed by atoms with van der Waals surface area (Å²) >= 11 is 0. The van der Waals surface area contributed by atoms with Crippen molar-refractivity contribution in [2.75, 3.05) is 6.61 Å². The second kappa shape index (κ2) is 6.68. The highest BCUT2D eigenvalue weighted by atomic mass is 16.3. The van der Waals surface area contributed by atoms with Crippen molar-refractivity contribution in [1.82, 2.24) is 14.9 Å². The van der Waals surface area contributed by atoms with Gasteiger partial charge in [0, 0.05) is 18.3 Å². The third-order valence-electron chi connectivity index (χ3n) is 3.57. The third kappa shape index (κ3) is 3.26. The molecule has 2 rings (SSSR count). The summed E-state index contributed by atoms with van der Waals surface area (Å²) in [5, 5.41) is 12.8. The number of aryl methyl sites for hydroxylation is 1. The Balaban J connectivity index is 2.18. The molecule has 0 bridgehead atoms. The van der Waals surface area contributed by atoms with Gasteiger partial charge in [0.15, 0.2) is 0 Å². The first kappa shape index (κ1) is 14.8. The number of rotatable bonds is 6. The fraction of sp³-hybridized carbons (Fsp3) is 0.438. The molecule has 0 fully saturated rings. The summed E-state index contributed by atoms with van der Waals surface area (Å²) in [6, 6.07) is 10.3. The summed E-state index contributed by atoms with van der Waals surface area (Å²) in [5.41, 5.74) is 2.22. The quantitative estimate of drug-likeness (QED) is 0.849. The molecule has 1 heterocycles. The highest BCUT2D eigenvalue weighted by Crippen LogP contribution is 2.14. The van der Waals surface area contributed by atoms with Gasteiger partial charge in [-0.25, -0.2) is 4.98 Å². The van der Waals surface area contributed by atoms with Crippen LogP contribution in [0, 0.1) is 12.8 Å². The summed E-state index contributed by atoms with van der Waals surface area (Å²) in [4.78, 5) is 4.40. The van der Waals surface area contributed by atoms with Crippen molar-refractivity contribution in [3.05, 3.63) is 48.0 Å². The first-order chi connectivity index (χ1) is 9.63. The zero-order valence-corrected chi connectivity index (χ0v) is 12.4. The Labute approximate surface area is 120 Å². The lowest BCUT2D eigenvalue weighted by molar-refractivity contribution is 0.209. The van der Waals surface area contributed by atoms with E-state index in [1.807, 2.05) is 31.3 Å². The van der Waals surface area contributed by atoms with Crippen molar-refractivity contribution < 1.29 is 5.11 Å². The van der Waals surface area contributed by atoms with Crippen LogP contribution in [0.25, 0.3) is 5.69 Å². The lowest BCUT2D eigenvalue weighted by Crippen LogP contribution is -2.36. The molecule has 1 atom stereocenters. The number of aliphatic hydroxyl groups is 1. The number of hydrogen-bond donors (Lipinski definition) is 2. The molecule has 0 amide bonds. The molecule has 108 valence electrons. The van der Waals surface area contributed by atoms with Gasteiger partial charge in [-0.15, -0.1) is 0 Å². The number of nitrogens with zero attached hydrogens (tertiary/aromatic N) is 2. The Morgan fingerprint density at radius 1 is 1.25 bits per heavy atom. The molecule has 4 heteroatoms. The SMILES string of the molecule is Cc1ncc(CN[C@H](CO)C(C)C)n1-c1ccccc1. The van der Waals surface area contributed by atoms with Crippen LogP contribution < -0.4 is 5.32 Å². The highest BCUT2D eigenvalue weighted by molar-refractivity contribution is 5.35. The number of benzene rings is 1. The van der Waals surface area contributed by atoms with Gasteiger partial charge in [-0.3, -0.25) is 4.57 Å². The molecule has 0 unspecified atom stereocenters. The van der Waals surface area contributed by atoms with Crippen LogP contribution in [-0.4, -0.2) is 27.3 Å². The molecule has 0 aliphatic carbocycles. The van der Waals surface area contributed by atoms with Crippen molar-refractivity contribution in [3.8, 4) is 5.69 Å². The van der Waals surface area contributed by atoms with Crippen LogP contribution >= 0.6 is 0 Å². The van der Waals surface area contributed by atoms with Crippen molar-refractivity contribution in [2.24, 2.45) is 5.92 Å². The summed E-state index contributed by atoms with van der Waals surface area (Å²) in [6.45, 7) is 7.05. The summed E-state index contributed by atoms with van der Waals surface area (Å²) in [6.07, 6.45) is 1.89. The fourth-order valence-electron chi connectivity index (χ4n) is 2.29. The average molecular weight is 273 g/mol. The van der Waals surface area contributed by atoms with Crippen molar-refractivity contribution in [1.29, 1.82) is 0 Å². The summed E-state index contributed by atoms with van der Waals surface area (Å²) < 4.78 is 2.14. The molecule has 0 saturated heterocycles. The van der Waals surface area contributed by atoms with Crippen LogP contribution in [0.1, 0.15) is 25.4 Å². The van der Waals surface area contributed by atoms with Crippen LogP contribution in [0.5, 0.6) is 0 Å². The van der Waals surface area contributed by atoms with Gasteiger partial charge in [-0.1, -0.05) is 32.0 Å². The Morgan fingerprint density at radius 3 is 2.55 bits per heavy atom. The zero-order chi connectivity index (χ0) is 14.5. The lowest BCUT2D eigenvalue weighted by atomic mass is 10.1. The Morgan fingerprint density at radius 2 is 1.95 bits per heavy atom. The normalized spacial score (nSPS) is 12.8. The molecule has 1 aromatic heterocycles. The van der Waals surface area contributed by atoms with E-state index in [0.717, 1.165) is 17.2 Å². The average Bonchev–Trinajstić information content (AvgIpc) is 2.81. The van der Waals surface area contributed by atoms with E-state index in [-0.39, 0.29) is 12.6 Å². The fourth-order valence-corrected chi connectivity index (χ4v) is 2.29. The Hall–Kier alpha value is -1.65. The van der Waals surface area contributed by atoms with E-state index in [1.54, 1.807) is 0 Å². The number of imidazole rings is 1. The molecule has 1 aromatic carbocycles. The van der Waals surface area contributed by atoms with Crippen LogP contribution in [0.4, 0.5) is 0 Å². The number of para-hydroxylation sites is 1. The summed E-state index contributed by atoms with van der Waals surface area (Å²) in [7, 11) is 0. The van der Waals surface area contributed by atoms with Crippen LogP contribution in [0.2, 0.25) is 0 Å². The second-order valence-corrected chi connectivity index (χ2v) is 5.38. The van der Waals surface area contributed by atoms with E-state index in [9.17, 15) is 5.11 Å². The van der Waals surface area contributed by atoms with Gasteiger partial charge in [0.25, 0.3) is 0 Å². The molecular weight excluding hydrogens is 250 g/mol. The van der Waals surface area contributed by atoms with Crippen LogP contribution in [-0.2, 0) is 6.54 Å². The van der Waals surface area contributed by atoms with Gasteiger partial charge in [-0.2, -0.15) is 0 Å². The Bertz CT molecular complexity index is 534. The number of nitrogens with one attached hydrogen (secondary N) is 1. The number of hydrogen-bond acceptors (Lipinski definition) is 3. The van der Waals surface area contributed by atoms with Gasteiger partial charge >= 0.3 is 0 Å². The minimum absolute atomic E-state index is 0.106. The first-order valence-corrected chi connectivity index (χ1v) is 7.06. The van der Waals surface area contributed by atoms with Gasteiger partial charge in [0.05, 0.1) is 18.5 Å². The minimum atomic E-state index is 0.106. The maximum Gasteiger partial charge on any atom is 0.110 e. The zero-order valence-electron chi connectivity index (χ0n) is 12.4. The third-order valence-corrected chi connectivity index (χ3v) is 3.57. The highest BCUT2D eigenvalue weighted by Gasteiger charge is 2.14. The van der Waals surface area contributed by atoms with E-state index in [1.165, 1.54) is 0 Å².